The van der Waals surface area contributed by atoms with Crippen LogP contribution in [0.2, 0.25) is 0 Å². The molecule has 1 aromatic carbocycles. The van der Waals surface area contributed by atoms with Crippen molar-refractivity contribution >= 4 is 10.0 Å². The van der Waals surface area contributed by atoms with E-state index in [0.29, 0.717) is 18.7 Å². The molecule has 1 aliphatic rings. The largest absolute Gasteiger partial charge is 0.383 e. The molecule has 0 saturated carbocycles. The highest BCUT2D eigenvalue weighted by molar-refractivity contribution is 7.89. The highest BCUT2D eigenvalue weighted by Gasteiger charge is 2.25. The van der Waals surface area contributed by atoms with Gasteiger partial charge in [-0.2, -0.15) is 5.26 Å². The van der Waals surface area contributed by atoms with Crippen LogP contribution in [0.3, 0.4) is 0 Å². The number of methoxy groups -OCH3 is 1. The van der Waals surface area contributed by atoms with E-state index in [0.717, 1.165) is 25.9 Å². The molecule has 0 amide bonds. The molecule has 1 aliphatic heterocycles. The van der Waals surface area contributed by atoms with Gasteiger partial charge >= 0.3 is 0 Å². The summed E-state index contributed by atoms with van der Waals surface area (Å²) >= 11 is 0. The Balaban J connectivity index is 2.03. The van der Waals surface area contributed by atoms with Crippen molar-refractivity contribution in [2.45, 2.75) is 23.8 Å². The number of ether oxygens (including phenoxy) is 1. The quantitative estimate of drug-likeness (QED) is 0.843. The van der Waals surface area contributed by atoms with Crippen LogP contribution in [0.25, 0.3) is 0 Å². The van der Waals surface area contributed by atoms with E-state index in [9.17, 15) is 8.42 Å². The summed E-state index contributed by atoms with van der Waals surface area (Å²) < 4.78 is 32.7. The normalized spacial score (nSPS) is 19.7. The van der Waals surface area contributed by atoms with Crippen LogP contribution in [0, 0.1) is 11.3 Å². The monoisotopic (exact) mass is 323 g/mol. The van der Waals surface area contributed by atoms with Crippen LogP contribution in [0.4, 0.5) is 0 Å². The zero-order valence-corrected chi connectivity index (χ0v) is 13.5. The summed E-state index contributed by atoms with van der Waals surface area (Å²) in [6.45, 7) is 3.09. The average molecular weight is 323 g/mol. The van der Waals surface area contributed by atoms with Crippen molar-refractivity contribution in [3.05, 3.63) is 29.8 Å². The number of hydrogen-bond donors (Lipinski definition) is 1. The molecule has 1 N–H and O–H groups in total. The van der Waals surface area contributed by atoms with Crippen molar-refractivity contribution in [1.82, 2.24) is 9.62 Å². The molecule has 0 radical (unpaired) electrons. The van der Waals surface area contributed by atoms with Crippen LogP contribution in [0.5, 0.6) is 0 Å². The second kappa shape index (κ2) is 7.70. The van der Waals surface area contributed by atoms with Gasteiger partial charge in [-0.05, 0) is 37.6 Å². The zero-order chi connectivity index (χ0) is 16.0. The molecule has 6 nitrogen and oxygen atoms in total. The van der Waals surface area contributed by atoms with Gasteiger partial charge in [0.05, 0.1) is 23.1 Å². The average Bonchev–Trinajstić information content (AvgIpc) is 2.53. The van der Waals surface area contributed by atoms with Crippen molar-refractivity contribution in [3.63, 3.8) is 0 Å². The Morgan fingerprint density at radius 1 is 1.50 bits per heavy atom. The number of nitriles is 1. The molecule has 0 aliphatic carbocycles. The lowest BCUT2D eigenvalue weighted by molar-refractivity contribution is 0.126. The molecule has 0 spiro atoms. The molecule has 22 heavy (non-hydrogen) atoms. The SMILES string of the molecule is COCCN1CCCC(NS(=O)(=O)c2cccc(C#N)c2)C1. The Morgan fingerprint density at radius 3 is 3.05 bits per heavy atom. The lowest BCUT2D eigenvalue weighted by Gasteiger charge is -2.32. The molecule has 2 rings (SSSR count). The number of hydrogen-bond acceptors (Lipinski definition) is 5. The molecule has 1 fully saturated rings. The van der Waals surface area contributed by atoms with Crippen molar-refractivity contribution in [3.8, 4) is 6.07 Å². The summed E-state index contributed by atoms with van der Waals surface area (Å²) in [5.74, 6) is 0. The highest BCUT2D eigenvalue weighted by atomic mass is 32.2. The van der Waals surface area contributed by atoms with Gasteiger partial charge in [-0.1, -0.05) is 6.07 Å². The maximum Gasteiger partial charge on any atom is 0.240 e. The number of nitrogens with one attached hydrogen (secondary N) is 1. The topological polar surface area (TPSA) is 82.4 Å². The fourth-order valence-electron chi connectivity index (χ4n) is 2.60. The predicted molar refractivity (Wildman–Crippen MR) is 82.8 cm³/mol. The number of nitrogens with zero attached hydrogens (tertiary/aromatic N) is 2. The molecule has 0 bridgehead atoms. The smallest absolute Gasteiger partial charge is 0.240 e. The molecule has 120 valence electrons. The number of piperidine rings is 1. The molecule has 1 atom stereocenters. The van der Waals surface area contributed by atoms with E-state index in [1.54, 1.807) is 19.2 Å². The second-order valence-corrected chi connectivity index (χ2v) is 7.11. The predicted octanol–water partition coefficient (Wildman–Crippen LogP) is 0.947. The summed E-state index contributed by atoms with van der Waals surface area (Å²) in [4.78, 5) is 2.34. The van der Waals surface area contributed by atoms with Gasteiger partial charge in [-0.3, -0.25) is 4.90 Å². The van der Waals surface area contributed by atoms with E-state index in [-0.39, 0.29) is 10.9 Å². The molecular weight excluding hydrogens is 302 g/mol. The minimum atomic E-state index is -3.60. The van der Waals surface area contributed by atoms with Gasteiger partial charge in [0.15, 0.2) is 0 Å². The van der Waals surface area contributed by atoms with Crippen LogP contribution in [-0.4, -0.2) is 52.7 Å². The Labute approximate surface area is 131 Å². The van der Waals surface area contributed by atoms with Gasteiger partial charge in [0.2, 0.25) is 10.0 Å². The number of rotatable bonds is 6. The summed E-state index contributed by atoms with van der Waals surface area (Å²) in [5, 5.41) is 8.88. The molecule has 0 aromatic heterocycles. The lowest BCUT2D eigenvalue weighted by Crippen LogP contribution is -2.48. The standard InChI is InChI=1S/C15H21N3O3S/c1-21-9-8-18-7-3-5-14(12-18)17-22(19,20)15-6-2-4-13(10-15)11-16/h2,4,6,10,14,17H,3,5,7-9,12H2,1H3. The first-order chi connectivity index (χ1) is 10.5. The highest BCUT2D eigenvalue weighted by Crippen LogP contribution is 2.15. The third-order valence-electron chi connectivity index (χ3n) is 3.71. The van der Waals surface area contributed by atoms with Crippen molar-refractivity contribution < 1.29 is 13.2 Å². The number of benzene rings is 1. The number of likely N-dealkylation sites (tertiary alicyclic amines) is 1. The van der Waals surface area contributed by atoms with Gasteiger partial charge in [0.1, 0.15) is 0 Å². The Hall–Kier alpha value is -1.46. The fourth-order valence-corrected chi connectivity index (χ4v) is 3.90. The molecule has 1 aromatic rings. The minimum Gasteiger partial charge on any atom is -0.383 e. The second-order valence-electron chi connectivity index (χ2n) is 5.39. The van der Waals surface area contributed by atoms with E-state index >= 15 is 0 Å². The minimum absolute atomic E-state index is 0.110. The number of sulfonamides is 1. The van der Waals surface area contributed by atoms with E-state index < -0.39 is 10.0 Å². The van der Waals surface area contributed by atoms with Crippen LogP contribution in [0.15, 0.2) is 29.2 Å². The summed E-state index contributed by atoms with van der Waals surface area (Å²) in [6, 6.07) is 7.93. The van der Waals surface area contributed by atoms with Crippen molar-refractivity contribution in [2.24, 2.45) is 0 Å². The zero-order valence-electron chi connectivity index (χ0n) is 12.7. The van der Waals surface area contributed by atoms with Crippen LogP contribution in [-0.2, 0) is 14.8 Å². The van der Waals surface area contributed by atoms with Gasteiger partial charge in [0, 0.05) is 26.2 Å². The van der Waals surface area contributed by atoms with E-state index in [4.69, 9.17) is 10.00 Å². The maximum atomic E-state index is 12.4. The first-order valence-electron chi connectivity index (χ1n) is 7.29. The Bertz CT molecular complexity index is 640. The van der Waals surface area contributed by atoms with Crippen LogP contribution in [0.1, 0.15) is 18.4 Å². The summed E-state index contributed by atoms with van der Waals surface area (Å²) in [6.07, 6.45) is 1.77. The maximum absolute atomic E-state index is 12.4. The molecule has 1 heterocycles. The van der Waals surface area contributed by atoms with Gasteiger partial charge in [-0.15, -0.1) is 0 Å². The van der Waals surface area contributed by atoms with Gasteiger partial charge < -0.3 is 4.74 Å². The van der Waals surface area contributed by atoms with Crippen molar-refractivity contribution in [1.29, 1.82) is 5.26 Å². The van der Waals surface area contributed by atoms with E-state index in [1.807, 2.05) is 6.07 Å². The first kappa shape index (κ1) is 16.9. The Kier molecular flexibility index (Phi) is 5.91. The van der Waals surface area contributed by atoms with Crippen LogP contribution >= 0.6 is 0 Å². The third kappa shape index (κ3) is 4.52. The third-order valence-corrected chi connectivity index (χ3v) is 5.23. The molecule has 7 heteroatoms. The summed E-state index contributed by atoms with van der Waals surface area (Å²) in [5.41, 5.74) is 0.341. The molecule has 1 saturated heterocycles. The summed E-state index contributed by atoms with van der Waals surface area (Å²) in [7, 11) is -1.94. The lowest BCUT2D eigenvalue weighted by atomic mass is 10.1. The van der Waals surface area contributed by atoms with Crippen LogP contribution < -0.4 is 4.72 Å². The Morgan fingerprint density at radius 2 is 2.32 bits per heavy atom. The van der Waals surface area contributed by atoms with E-state index in [2.05, 4.69) is 9.62 Å². The molecule has 1 unspecified atom stereocenters. The molecular formula is C15H21N3O3S. The first-order valence-corrected chi connectivity index (χ1v) is 8.77. The van der Waals surface area contributed by atoms with Gasteiger partial charge in [-0.25, -0.2) is 13.1 Å². The van der Waals surface area contributed by atoms with Gasteiger partial charge in [0.25, 0.3) is 0 Å². The van der Waals surface area contributed by atoms with E-state index in [1.165, 1.54) is 12.1 Å². The van der Waals surface area contributed by atoms with Crippen molar-refractivity contribution in [2.75, 3.05) is 33.4 Å². The fraction of sp³-hybridized carbons (Fsp3) is 0.533.